The molecule has 1 aromatic heterocycles. The summed E-state index contributed by atoms with van der Waals surface area (Å²) in [6.07, 6.45) is -5.30. The number of carbonyl (C=O) groups excluding carboxylic acids is 2. The van der Waals surface area contributed by atoms with Gasteiger partial charge in [-0.05, 0) is 23.8 Å². The van der Waals surface area contributed by atoms with Crippen LogP contribution >= 0.6 is 19.3 Å². The third-order valence-electron chi connectivity index (χ3n) is 6.39. The van der Waals surface area contributed by atoms with E-state index in [0.29, 0.717) is 21.6 Å². The van der Waals surface area contributed by atoms with Crippen LogP contribution in [0.15, 0.2) is 41.3 Å². The Balaban J connectivity index is 1.54. The SMILES string of the molecule is CC(C)C(=O)OC[C@H]1O[C@@H](n2ccc(NP3(=O)OCCC(c4cccc(Cl)c4)O3)nc2=O)C(F)(F)C1OC(=O)C(C)C. The Kier molecular flexibility index (Phi) is 9.73. The van der Waals surface area contributed by atoms with Gasteiger partial charge in [0.1, 0.15) is 18.5 Å². The molecule has 2 aromatic rings. The second-order valence-corrected chi connectivity index (χ2v) is 12.5. The zero-order chi connectivity index (χ0) is 30.8. The Morgan fingerprint density at radius 3 is 2.57 bits per heavy atom. The van der Waals surface area contributed by atoms with Gasteiger partial charge in [-0.15, -0.1) is 0 Å². The number of hydrogen-bond acceptors (Lipinski definition) is 10. The molecule has 2 aliphatic rings. The predicted octanol–water partition coefficient (Wildman–Crippen LogP) is 4.89. The summed E-state index contributed by atoms with van der Waals surface area (Å²) < 4.78 is 71.5. The largest absolute Gasteiger partial charge is 0.463 e. The molecule has 2 aliphatic heterocycles. The summed E-state index contributed by atoms with van der Waals surface area (Å²) in [5.41, 5.74) is -0.536. The van der Waals surface area contributed by atoms with E-state index in [0.717, 1.165) is 12.3 Å². The minimum Gasteiger partial charge on any atom is -0.463 e. The van der Waals surface area contributed by atoms with Crippen molar-refractivity contribution < 1.29 is 46.2 Å². The molecule has 0 spiro atoms. The van der Waals surface area contributed by atoms with Crippen LogP contribution in [0.1, 0.15) is 52.0 Å². The van der Waals surface area contributed by atoms with Crippen LogP contribution in [0.5, 0.6) is 0 Å². The molecule has 5 atom stereocenters. The van der Waals surface area contributed by atoms with Crippen LogP contribution in [-0.4, -0.2) is 52.8 Å². The van der Waals surface area contributed by atoms with E-state index in [9.17, 15) is 18.9 Å². The molecule has 0 amide bonds. The van der Waals surface area contributed by atoms with Gasteiger partial charge in [0.25, 0.3) is 0 Å². The van der Waals surface area contributed by atoms with E-state index in [1.807, 2.05) is 0 Å². The number of halogens is 3. The second-order valence-electron chi connectivity index (χ2n) is 10.4. The Labute approximate surface area is 245 Å². The van der Waals surface area contributed by atoms with Crippen molar-refractivity contribution >= 4 is 37.1 Å². The Bertz CT molecular complexity index is 1420. The number of esters is 2. The lowest BCUT2D eigenvalue weighted by Gasteiger charge is -2.30. The molecule has 0 saturated carbocycles. The monoisotopic (exact) mass is 633 g/mol. The van der Waals surface area contributed by atoms with E-state index in [4.69, 9.17) is 34.9 Å². The molecular weight excluding hydrogens is 603 g/mol. The quantitative estimate of drug-likeness (QED) is 0.297. The summed E-state index contributed by atoms with van der Waals surface area (Å²) >= 11 is 6.04. The van der Waals surface area contributed by atoms with Crippen LogP contribution in [0.25, 0.3) is 0 Å². The Morgan fingerprint density at radius 1 is 1.21 bits per heavy atom. The molecule has 4 rings (SSSR count). The van der Waals surface area contributed by atoms with E-state index in [1.54, 1.807) is 38.1 Å². The molecule has 12 nitrogen and oxygen atoms in total. The van der Waals surface area contributed by atoms with Gasteiger partial charge in [0.2, 0.25) is 6.23 Å². The smallest absolute Gasteiger partial charge is 0.434 e. The summed E-state index contributed by atoms with van der Waals surface area (Å²) in [4.78, 5) is 40.8. The summed E-state index contributed by atoms with van der Waals surface area (Å²) in [7, 11) is -4.02. The second kappa shape index (κ2) is 12.8. The number of nitrogens with zero attached hydrogens (tertiary/aromatic N) is 2. The number of rotatable bonds is 9. The van der Waals surface area contributed by atoms with E-state index < -0.39 is 74.3 Å². The third kappa shape index (κ3) is 7.17. The molecule has 3 heterocycles. The van der Waals surface area contributed by atoms with Crippen molar-refractivity contribution in [3.05, 3.63) is 57.6 Å². The van der Waals surface area contributed by atoms with Crippen molar-refractivity contribution in [3.8, 4) is 0 Å². The molecular formula is C26H31ClF2N3O9P. The fourth-order valence-corrected chi connectivity index (χ4v) is 5.85. The van der Waals surface area contributed by atoms with Crippen LogP contribution in [-0.2, 0) is 37.4 Å². The van der Waals surface area contributed by atoms with E-state index in [2.05, 4.69) is 10.1 Å². The van der Waals surface area contributed by atoms with Crippen molar-refractivity contribution in [3.63, 3.8) is 0 Å². The van der Waals surface area contributed by atoms with Crippen LogP contribution in [0.4, 0.5) is 14.6 Å². The number of carbonyl (C=O) groups is 2. The molecule has 0 aliphatic carbocycles. The number of aromatic nitrogens is 2. The van der Waals surface area contributed by atoms with Gasteiger partial charge in [-0.3, -0.25) is 28.3 Å². The molecule has 2 saturated heterocycles. The fraction of sp³-hybridized carbons (Fsp3) is 0.538. The van der Waals surface area contributed by atoms with Gasteiger partial charge >= 0.3 is 31.3 Å². The highest BCUT2D eigenvalue weighted by atomic mass is 35.5. The van der Waals surface area contributed by atoms with E-state index in [1.165, 1.54) is 13.8 Å². The minimum atomic E-state index is -4.02. The molecule has 230 valence electrons. The molecule has 0 bridgehead atoms. The first-order valence-corrected chi connectivity index (χ1v) is 15.1. The maximum atomic E-state index is 15.6. The maximum absolute atomic E-state index is 15.6. The summed E-state index contributed by atoms with van der Waals surface area (Å²) in [5, 5.41) is 2.91. The van der Waals surface area contributed by atoms with Gasteiger partial charge in [-0.2, -0.15) is 13.8 Å². The van der Waals surface area contributed by atoms with Gasteiger partial charge in [-0.1, -0.05) is 51.4 Å². The Morgan fingerprint density at radius 2 is 1.93 bits per heavy atom. The summed E-state index contributed by atoms with van der Waals surface area (Å²) in [5.74, 6) is -7.07. The summed E-state index contributed by atoms with van der Waals surface area (Å²) in [6.45, 7) is 5.45. The van der Waals surface area contributed by atoms with Crippen LogP contribution < -0.4 is 10.8 Å². The number of ether oxygens (including phenoxy) is 3. The summed E-state index contributed by atoms with van der Waals surface area (Å²) in [6, 6.07) is 7.90. The number of hydrogen-bond donors (Lipinski definition) is 1. The molecule has 1 aromatic carbocycles. The van der Waals surface area contributed by atoms with Crippen LogP contribution in [0.2, 0.25) is 5.02 Å². The minimum absolute atomic E-state index is 0.0555. The number of benzene rings is 1. The van der Waals surface area contributed by atoms with Crippen molar-refractivity contribution in [1.29, 1.82) is 0 Å². The first-order valence-electron chi connectivity index (χ1n) is 13.2. The number of nitrogens with one attached hydrogen (secondary N) is 1. The first-order chi connectivity index (χ1) is 19.7. The lowest BCUT2D eigenvalue weighted by atomic mass is 10.1. The van der Waals surface area contributed by atoms with Gasteiger partial charge in [0, 0.05) is 17.6 Å². The third-order valence-corrected chi connectivity index (χ3v) is 8.18. The normalized spacial score (nSPS) is 27.2. The first kappa shape index (κ1) is 32.0. The van der Waals surface area contributed by atoms with E-state index in [-0.39, 0.29) is 12.4 Å². The predicted molar refractivity (Wildman–Crippen MR) is 145 cm³/mol. The molecule has 16 heteroatoms. The molecule has 3 unspecified atom stereocenters. The van der Waals surface area contributed by atoms with Gasteiger partial charge < -0.3 is 14.2 Å². The number of alkyl halides is 2. The Hall–Kier alpha value is -2.90. The van der Waals surface area contributed by atoms with Gasteiger partial charge in [0.05, 0.1) is 24.5 Å². The van der Waals surface area contributed by atoms with Crippen molar-refractivity contribution in [2.75, 3.05) is 18.3 Å². The molecule has 0 radical (unpaired) electrons. The van der Waals surface area contributed by atoms with E-state index >= 15 is 8.78 Å². The lowest BCUT2D eigenvalue weighted by molar-refractivity contribution is -0.180. The highest BCUT2D eigenvalue weighted by Crippen LogP contribution is 2.55. The zero-order valence-electron chi connectivity index (χ0n) is 23.2. The van der Waals surface area contributed by atoms with Crippen molar-refractivity contribution in [2.24, 2.45) is 11.8 Å². The van der Waals surface area contributed by atoms with Crippen molar-refractivity contribution in [2.45, 2.75) is 64.6 Å². The lowest BCUT2D eigenvalue weighted by Crippen LogP contribution is -2.45. The van der Waals surface area contributed by atoms with Crippen molar-refractivity contribution in [1.82, 2.24) is 9.55 Å². The van der Waals surface area contributed by atoms with Gasteiger partial charge in [0.15, 0.2) is 6.10 Å². The standard InChI is InChI=1S/C26H31ClF2N3O9P/c1-14(2)22(33)37-13-19-21(40-23(34)15(3)4)26(28,29)24(39-19)32-10-8-20(30-25(32)35)31-42(36)38-11-9-18(41-42)16-6-5-7-17(27)12-16/h5-8,10,12,14-15,18-19,21,24H,9,11,13H2,1-4H3,(H,30,31,35,36)/t18?,19-,21?,24-,42?/m1/s1. The number of anilines is 1. The maximum Gasteiger partial charge on any atom is 0.434 e. The zero-order valence-corrected chi connectivity index (χ0v) is 24.8. The molecule has 42 heavy (non-hydrogen) atoms. The van der Waals surface area contributed by atoms with Gasteiger partial charge in [-0.25, -0.2) is 9.36 Å². The highest BCUT2D eigenvalue weighted by molar-refractivity contribution is 7.55. The highest BCUT2D eigenvalue weighted by Gasteiger charge is 2.63. The molecule has 2 fully saturated rings. The van der Waals surface area contributed by atoms with Crippen LogP contribution in [0.3, 0.4) is 0 Å². The average Bonchev–Trinajstić information content (AvgIpc) is 3.16. The van der Waals surface area contributed by atoms with Crippen LogP contribution in [0, 0.1) is 11.8 Å². The molecule has 1 N–H and O–H groups in total. The topological polar surface area (TPSA) is 144 Å². The average molecular weight is 634 g/mol. The fourth-order valence-electron chi connectivity index (χ4n) is 4.16.